The van der Waals surface area contributed by atoms with Crippen LogP contribution in [-0.4, -0.2) is 74.0 Å². The molecule has 1 aliphatic heterocycles. The minimum atomic E-state index is -0.956. The van der Waals surface area contributed by atoms with Crippen LogP contribution in [0.4, 0.5) is 8.78 Å². The predicted molar refractivity (Wildman–Crippen MR) is 117 cm³/mol. The summed E-state index contributed by atoms with van der Waals surface area (Å²) in [6, 6.07) is 3.58. The molecule has 1 unspecified atom stereocenters. The molecular formula is C19H31F2IN4O2. The lowest BCUT2D eigenvalue weighted by Crippen LogP contribution is -2.48. The molecule has 1 aliphatic rings. The summed E-state index contributed by atoms with van der Waals surface area (Å²) in [5.74, 6) is -0.573. The third-order valence-electron chi connectivity index (χ3n) is 4.29. The van der Waals surface area contributed by atoms with Crippen LogP contribution in [0.25, 0.3) is 0 Å². The number of nitrogens with zero attached hydrogens (tertiary/aromatic N) is 2. The van der Waals surface area contributed by atoms with Crippen molar-refractivity contribution >= 4 is 29.9 Å². The standard InChI is InChI=1S/C19H30F2N4O2.HI/c1-3-22-18(23-7-6-15-4-5-16(20)12-17(15)21)24-13-19(2,26)14-25-8-10-27-11-9-25;/h4-5,12,26H,3,6-11,13-14H2,1-2H3,(H2,22,23,24);1H. The van der Waals surface area contributed by atoms with Crippen molar-refractivity contribution in [2.24, 2.45) is 4.99 Å². The molecule has 2 rings (SSSR count). The molecule has 0 aliphatic carbocycles. The maximum absolute atomic E-state index is 13.7. The van der Waals surface area contributed by atoms with Crippen LogP contribution >= 0.6 is 24.0 Å². The van der Waals surface area contributed by atoms with Gasteiger partial charge >= 0.3 is 0 Å². The fourth-order valence-corrected chi connectivity index (χ4v) is 2.92. The smallest absolute Gasteiger partial charge is 0.191 e. The van der Waals surface area contributed by atoms with Crippen LogP contribution in [0, 0.1) is 11.6 Å². The average Bonchev–Trinajstić information content (AvgIpc) is 2.62. The van der Waals surface area contributed by atoms with E-state index < -0.39 is 17.2 Å². The highest BCUT2D eigenvalue weighted by atomic mass is 127. The average molecular weight is 512 g/mol. The van der Waals surface area contributed by atoms with Crippen molar-refractivity contribution in [2.75, 3.05) is 52.5 Å². The van der Waals surface area contributed by atoms with Gasteiger partial charge in [0.25, 0.3) is 0 Å². The Bertz CT molecular complexity index is 626. The van der Waals surface area contributed by atoms with Crippen LogP contribution in [0.3, 0.4) is 0 Å². The SMILES string of the molecule is CCNC(=NCC(C)(O)CN1CCOCC1)NCCc1ccc(F)cc1F.I. The minimum Gasteiger partial charge on any atom is -0.387 e. The van der Waals surface area contributed by atoms with Gasteiger partial charge in [0.05, 0.1) is 25.4 Å². The second kappa shape index (κ2) is 12.5. The highest BCUT2D eigenvalue weighted by Gasteiger charge is 2.25. The van der Waals surface area contributed by atoms with E-state index in [0.29, 0.717) is 50.8 Å². The molecule has 1 atom stereocenters. The van der Waals surface area contributed by atoms with Crippen molar-refractivity contribution < 1.29 is 18.6 Å². The molecule has 0 aromatic heterocycles. The van der Waals surface area contributed by atoms with Gasteiger partial charge in [-0.15, -0.1) is 24.0 Å². The maximum atomic E-state index is 13.7. The Balaban J connectivity index is 0.00000392. The maximum Gasteiger partial charge on any atom is 0.191 e. The summed E-state index contributed by atoms with van der Waals surface area (Å²) >= 11 is 0. The summed E-state index contributed by atoms with van der Waals surface area (Å²) in [5, 5.41) is 16.8. The fraction of sp³-hybridized carbons (Fsp3) is 0.632. The van der Waals surface area contributed by atoms with Gasteiger partial charge in [0.1, 0.15) is 11.6 Å². The minimum absolute atomic E-state index is 0. The lowest BCUT2D eigenvalue weighted by molar-refractivity contribution is -0.0179. The van der Waals surface area contributed by atoms with Gasteiger partial charge in [-0.3, -0.25) is 9.89 Å². The van der Waals surface area contributed by atoms with Crippen LogP contribution in [0.15, 0.2) is 23.2 Å². The van der Waals surface area contributed by atoms with E-state index in [4.69, 9.17) is 4.74 Å². The van der Waals surface area contributed by atoms with Crippen LogP contribution < -0.4 is 10.6 Å². The first-order valence-corrected chi connectivity index (χ1v) is 9.38. The molecule has 0 spiro atoms. The number of benzene rings is 1. The van der Waals surface area contributed by atoms with Crippen molar-refractivity contribution in [3.63, 3.8) is 0 Å². The lowest BCUT2D eigenvalue weighted by Gasteiger charge is -2.33. The van der Waals surface area contributed by atoms with E-state index in [1.54, 1.807) is 6.92 Å². The molecule has 0 bridgehead atoms. The second-order valence-electron chi connectivity index (χ2n) is 6.99. The van der Waals surface area contributed by atoms with Gasteiger partial charge in [-0.05, 0) is 31.9 Å². The molecule has 28 heavy (non-hydrogen) atoms. The van der Waals surface area contributed by atoms with Crippen molar-refractivity contribution in [3.05, 3.63) is 35.4 Å². The summed E-state index contributed by atoms with van der Waals surface area (Å²) < 4.78 is 32.0. The highest BCUT2D eigenvalue weighted by Crippen LogP contribution is 2.10. The van der Waals surface area contributed by atoms with E-state index in [9.17, 15) is 13.9 Å². The monoisotopic (exact) mass is 512 g/mol. The van der Waals surface area contributed by atoms with Gasteiger partial charge < -0.3 is 20.5 Å². The predicted octanol–water partition coefficient (Wildman–Crippen LogP) is 1.76. The van der Waals surface area contributed by atoms with Gasteiger partial charge in [-0.1, -0.05) is 6.07 Å². The van der Waals surface area contributed by atoms with Crippen LogP contribution in [0.5, 0.6) is 0 Å². The number of rotatable bonds is 8. The topological polar surface area (TPSA) is 69.1 Å². The van der Waals surface area contributed by atoms with Crippen molar-refractivity contribution in [1.82, 2.24) is 15.5 Å². The number of guanidine groups is 1. The van der Waals surface area contributed by atoms with Crippen molar-refractivity contribution in [2.45, 2.75) is 25.9 Å². The molecule has 9 heteroatoms. The molecule has 0 amide bonds. The number of nitrogens with one attached hydrogen (secondary N) is 2. The molecule has 0 radical (unpaired) electrons. The van der Waals surface area contributed by atoms with Crippen LogP contribution in [-0.2, 0) is 11.2 Å². The Morgan fingerprint density at radius 1 is 1.29 bits per heavy atom. The summed E-state index contributed by atoms with van der Waals surface area (Å²) in [7, 11) is 0. The number of β-amino-alcohol motifs (C(OH)–C–C–N with tert-alkyl or cyclic N) is 1. The Hall–Kier alpha value is -1.04. The first-order valence-electron chi connectivity index (χ1n) is 9.38. The summed E-state index contributed by atoms with van der Waals surface area (Å²) in [4.78, 5) is 6.61. The van der Waals surface area contributed by atoms with E-state index in [0.717, 1.165) is 19.2 Å². The van der Waals surface area contributed by atoms with E-state index in [2.05, 4.69) is 20.5 Å². The zero-order chi connectivity index (χ0) is 19.7. The quantitative estimate of drug-likeness (QED) is 0.282. The Morgan fingerprint density at radius 2 is 2.00 bits per heavy atom. The molecular weight excluding hydrogens is 481 g/mol. The molecule has 3 N–H and O–H groups in total. The molecule has 1 fully saturated rings. The van der Waals surface area contributed by atoms with Crippen LogP contribution in [0.2, 0.25) is 0 Å². The number of aliphatic hydroxyl groups is 1. The van der Waals surface area contributed by atoms with Gasteiger partial charge in [-0.25, -0.2) is 8.78 Å². The van der Waals surface area contributed by atoms with Crippen molar-refractivity contribution in [1.29, 1.82) is 0 Å². The number of hydrogen-bond donors (Lipinski definition) is 3. The van der Waals surface area contributed by atoms with Crippen molar-refractivity contribution in [3.8, 4) is 0 Å². The Morgan fingerprint density at radius 3 is 2.64 bits per heavy atom. The van der Waals surface area contributed by atoms with Gasteiger partial charge in [0.15, 0.2) is 5.96 Å². The molecule has 0 saturated carbocycles. The zero-order valence-electron chi connectivity index (χ0n) is 16.5. The molecule has 1 saturated heterocycles. The normalized spacial score (nSPS) is 17.5. The second-order valence-corrected chi connectivity index (χ2v) is 6.99. The molecule has 1 aromatic carbocycles. The Kier molecular flexibility index (Phi) is 11.2. The molecule has 1 heterocycles. The number of ether oxygens (including phenoxy) is 1. The van der Waals surface area contributed by atoms with E-state index in [1.807, 2.05) is 6.92 Å². The lowest BCUT2D eigenvalue weighted by atomic mass is 10.1. The van der Waals surface area contributed by atoms with E-state index >= 15 is 0 Å². The molecule has 6 nitrogen and oxygen atoms in total. The largest absolute Gasteiger partial charge is 0.387 e. The van der Waals surface area contributed by atoms with Gasteiger partial charge in [0, 0.05) is 38.8 Å². The fourth-order valence-electron chi connectivity index (χ4n) is 2.92. The molecule has 1 aromatic rings. The number of morpholine rings is 1. The first-order chi connectivity index (χ1) is 12.9. The van der Waals surface area contributed by atoms with E-state index in [-0.39, 0.29) is 30.5 Å². The summed E-state index contributed by atoms with van der Waals surface area (Å²) in [6.07, 6.45) is 0.403. The van der Waals surface area contributed by atoms with Gasteiger partial charge in [0.2, 0.25) is 0 Å². The number of hydrogen-bond acceptors (Lipinski definition) is 4. The third-order valence-corrected chi connectivity index (χ3v) is 4.29. The summed E-state index contributed by atoms with van der Waals surface area (Å²) in [5.41, 5.74) is -0.512. The number of aliphatic imine (C=N–C) groups is 1. The first kappa shape index (κ1) is 25.0. The van der Waals surface area contributed by atoms with Gasteiger partial charge in [-0.2, -0.15) is 0 Å². The highest BCUT2D eigenvalue weighted by molar-refractivity contribution is 14.0. The molecule has 160 valence electrons. The third kappa shape index (κ3) is 8.97. The summed E-state index contributed by atoms with van der Waals surface area (Å²) in [6.45, 7) is 8.58. The Labute approximate surface area is 182 Å². The number of halogens is 3. The van der Waals surface area contributed by atoms with Crippen LogP contribution in [0.1, 0.15) is 19.4 Å². The van der Waals surface area contributed by atoms with E-state index in [1.165, 1.54) is 12.1 Å². The zero-order valence-corrected chi connectivity index (χ0v) is 18.8.